The Hall–Kier alpha value is -0.650. The summed E-state index contributed by atoms with van der Waals surface area (Å²) in [5.41, 5.74) is 5.28. The van der Waals surface area contributed by atoms with Gasteiger partial charge in [0, 0.05) is 6.61 Å². The van der Waals surface area contributed by atoms with Crippen molar-refractivity contribution in [1.29, 1.82) is 0 Å². The van der Waals surface area contributed by atoms with Crippen molar-refractivity contribution in [3.63, 3.8) is 0 Å². The van der Waals surface area contributed by atoms with Gasteiger partial charge in [0.15, 0.2) is 0 Å². The number of carbonyl (C=O) groups excluding carboxylic acids is 1. The standard InChI is InChI=1S/C12H24N2O3/c1-2-6-14-11(12(13)15)9-16-8-10-5-3-4-7-17-10/h10-11,14H,2-9H2,1H3,(H2,13,15). The third-order valence-electron chi connectivity index (χ3n) is 2.85. The Morgan fingerprint density at radius 3 is 3.00 bits per heavy atom. The lowest BCUT2D eigenvalue weighted by Gasteiger charge is -2.23. The lowest BCUT2D eigenvalue weighted by atomic mass is 10.1. The molecule has 1 saturated heterocycles. The van der Waals surface area contributed by atoms with E-state index in [2.05, 4.69) is 5.32 Å². The van der Waals surface area contributed by atoms with Crippen LogP contribution in [0.25, 0.3) is 0 Å². The zero-order chi connectivity index (χ0) is 12.5. The van der Waals surface area contributed by atoms with E-state index in [1.165, 1.54) is 6.42 Å². The van der Waals surface area contributed by atoms with Crippen LogP contribution >= 0.6 is 0 Å². The van der Waals surface area contributed by atoms with Gasteiger partial charge in [0.1, 0.15) is 6.04 Å². The number of nitrogens with two attached hydrogens (primary N) is 1. The maximum atomic E-state index is 11.1. The minimum atomic E-state index is -0.390. The van der Waals surface area contributed by atoms with Crippen molar-refractivity contribution in [2.45, 2.75) is 44.8 Å². The normalized spacial score (nSPS) is 22.3. The molecule has 0 spiro atoms. The molecule has 17 heavy (non-hydrogen) atoms. The van der Waals surface area contributed by atoms with E-state index < -0.39 is 6.04 Å². The molecule has 5 nitrogen and oxygen atoms in total. The number of amides is 1. The lowest BCUT2D eigenvalue weighted by Crippen LogP contribution is -2.45. The summed E-state index contributed by atoms with van der Waals surface area (Å²) in [6.45, 7) is 4.52. The quantitative estimate of drug-likeness (QED) is 0.649. The van der Waals surface area contributed by atoms with Gasteiger partial charge >= 0.3 is 0 Å². The molecule has 2 atom stereocenters. The smallest absolute Gasteiger partial charge is 0.236 e. The molecule has 100 valence electrons. The van der Waals surface area contributed by atoms with Gasteiger partial charge in [-0.3, -0.25) is 4.79 Å². The molecule has 0 aromatic heterocycles. The molecule has 0 radical (unpaired) electrons. The molecule has 0 aliphatic carbocycles. The van der Waals surface area contributed by atoms with E-state index in [4.69, 9.17) is 15.2 Å². The third-order valence-corrected chi connectivity index (χ3v) is 2.85. The first-order chi connectivity index (χ1) is 8.24. The highest BCUT2D eigenvalue weighted by Gasteiger charge is 2.17. The summed E-state index contributed by atoms with van der Waals surface area (Å²) in [5, 5.41) is 3.07. The topological polar surface area (TPSA) is 73.6 Å². The second-order valence-corrected chi connectivity index (χ2v) is 4.44. The Balaban J connectivity index is 2.14. The minimum absolute atomic E-state index is 0.184. The second kappa shape index (κ2) is 8.44. The van der Waals surface area contributed by atoms with Gasteiger partial charge in [-0.25, -0.2) is 0 Å². The predicted octanol–water partition coefficient (Wildman–Crippen LogP) is 0.426. The van der Waals surface area contributed by atoms with Gasteiger partial charge in [0.05, 0.1) is 19.3 Å². The average molecular weight is 244 g/mol. The SMILES string of the molecule is CCCNC(COCC1CCCCO1)C(N)=O. The van der Waals surface area contributed by atoms with Crippen molar-refractivity contribution in [1.82, 2.24) is 5.32 Å². The van der Waals surface area contributed by atoms with Gasteiger partial charge in [-0.05, 0) is 32.2 Å². The van der Waals surface area contributed by atoms with Crippen LogP contribution in [0.3, 0.4) is 0 Å². The van der Waals surface area contributed by atoms with Gasteiger partial charge in [0.2, 0.25) is 5.91 Å². The number of primary amides is 1. The van der Waals surface area contributed by atoms with Gasteiger partial charge in [0.25, 0.3) is 0 Å². The van der Waals surface area contributed by atoms with E-state index >= 15 is 0 Å². The summed E-state index contributed by atoms with van der Waals surface area (Å²) in [5.74, 6) is -0.358. The molecule has 0 saturated carbocycles. The maximum Gasteiger partial charge on any atom is 0.236 e. The third kappa shape index (κ3) is 6.00. The van der Waals surface area contributed by atoms with Gasteiger partial charge in [-0.15, -0.1) is 0 Å². The van der Waals surface area contributed by atoms with E-state index in [0.717, 1.165) is 32.4 Å². The summed E-state index contributed by atoms with van der Waals surface area (Å²) < 4.78 is 11.0. The summed E-state index contributed by atoms with van der Waals surface area (Å²) in [6.07, 6.45) is 4.53. The molecule has 0 aromatic carbocycles. The van der Waals surface area contributed by atoms with Crippen LogP contribution in [0.5, 0.6) is 0 Å². The van der Waals surface area contributed by atoms with Crippen molar-refractivity contribution in [3.8, 4) is 0 Å². The van der Waals surface area contributed by atoms with Gasteiger partial charge < -0.3 is 20.5 Å². The molecule has 1 aliphatic rings. The highest BCUT2D eigenvalue weighted by molar-refractivity contribution is 5.79. The molecule has 2 unspecified atom stereocenters. The van der Waals surface area contributed by atoms with Crippen molar-refractivity contribution in [2.75, 3.05) is 26.4 Å². The summed E-state index contributed by atoms with van der Waals surface area (Å²) in [7, 11) is 0. The number of ether oxygens (including phenoxy) is 2. The molecule has 1 amide bonds. The number of nitrogens with one attached hydrogen (secondary N) is 1. The first kappa shape index (κ1) is 14.4. The number of carbonyl (C=O) groups is 1. The van der Waals surface area contributed by atoms with Crippen LogP contribution in [-0.2, 0) is 14.3 Å². The lowest BCUT2D eigenvalue weighted by molar-refractivity contribution is -0.122. The zero-order valence-electron chi connectivity index (χ0n) is 10.6. The molecule has 1 aliphatic heterocycles. The van der Waals surface area contributed by atoms with Crippen molar-refractivity contribution in [3.05, 3.63) is 0 Å². The largest absolute Gasteiger partial charge is 0.377 e. The van der Waals surface area contributed by atoms with Crippen LogP contribution in [0.15, 0.2) is 0 Å². The highest BCUT2D eigenvalue weighted by Crippen LogP contribution is 2.12. The molecule has 0 bridgehead atoms. The van der Waals surface area contributed by atoms with Crippen LogP contribution in [0, 0.1) is 0 Å². The van der Waals surface area contributed by atoms with E-state index in [0.29, 0.717) is 13.2 Å². The van der Waals surface area contributed by atoms with E-state index in [1.54, 1.807) is 0 Å². The fourth-order valence-corrected chi connectivity index (χ4v) is 1.82. The fraction of sp³-hybridized carbons (Fsp3) is 0.917. The summed E-state index contributed by atoms with van der Waals surface area (Å²) in [4.78, 5) is 11.1. The van der Waals surface area contributed by atoms with Crippen molar-refractivity contribution >= 4 is 5.91 Å². The Morgan fingerprint density at radius 1 is 1.59 bits per heavy atom. The van der Waals surface area contributed by atoms with E-state index in [9.17, 15) is 4.79 Å². The van der Waals surface area contributed by atoms with E-state index in [1.807, 2.05) is 6.92 Å². The molecule has 1 rings (SSSR count). The van der Waals surface area contributed by atoms with Crippen LogP contribution < -0.4 is 11.1 Å². The first-order valence-corrected chi connectivity index (χ1v) is 6.46. The summed E-state index contributed by atoms with van der Waals surface area (Å²) in [6, 6.07) is -0.390. The Bertz CT molecular complexity index is 218. The van der Waals surface area contributed by atoms with Gasteiger partial charge in [-0.1, -0.05) is 6.92 Å². The maximum absolute atomic E-state index is 11.1. The summed E-state index contributed by atoms with van der Waals surface area (Å²) >= 11 is 0. The molecule has 1 heterocycles. The molecular weight excluding hydrogens is 220 g/mol. The van der Waals surface area contributed by atoms with Crippen LogP contribution in [-0.4, -0.2) is 44.4 Å². The first-order valence-electron chi connectivity index (χ1n) is 6.46. The number of rotatable bonds is 8. The van der Waals surface area contributed by atoms with E-state index in [-0.39, 0.29) is 12.0 Å². The highest BCUT2D eigenvalue weighted by atomic mass is 16.5. The molecule has 3 N–H and O–H groups in total. The Labute approximate surface area is 103 Å². The monoisotopic (exact) mass is 244 g/mol. The second-order valence-electron chi connectivity index (χ2n) is 4.44. The van der Waals surface area contributed by atoms with Gasteiger partial charge in [-0.2, -0.15) is 0 Å². The Kier molecular flexibility index (Phi) is 7.16. The number of hydrogen-bond donors (Lipinski definition) is 2. The van der Waals surface area contributed by atoms with Crippen LogP contribution in [0.4, 0.5) is 0 Å². The van der Waals surface area contributed by atoms with Crippen molar-refractivity contribution < 1.29 is 14.3 Å². The van der Waals surface area contributed by atoms with Crippen LogP contribution in [0.1, 0.15) is 32.6 Å². The molecule has 1 fully saturated rings. The fourth-order valence-electron chi connectivity index (χ4n) is 1.82. The molecule has 0 aromatic rings. The molecular formula is C12H24N2O3. The van der Waals surface area contributed by atoms with Crippen LogP contribution in [0.2, 0.25) is 0 Å². The Morgan fingerprint density at radius 2 is 2.41 bits per heavy atom. The molecule has 5 heteroatoms. The zero-order valence-corrected chi connectivity index (χ0v) is 10.6. The minimum Gasteiger partial charge on any atom is -0.377 e. The predicted molar refractivity (Wildman–Crippen MR) is 65.7 cm³/mol. The van der Waals surface area contributed by atoms with Crippen molar-refractivity contribution in [2.24, 2.45) is 5.73 Å². The average Bonchev–Trinajstić information content (AvgIpc) is 2.34. The number of hydrogen-bond acceptors (Lipinski definition) is 4.